The van der Waals surface area contributed by atoms with Crippen LogP contribution in [0.4, 0.5) is 0 Å². The van der Waals surface area contributed by atoms with Gasteiger partial charge in [-0.15, -0.1) is 11.3 Å². The van der Waals surface area contributed by atoms with E-state index in [1.54, 1.807) is 11.4 Å². The molecule has 1 fully saturated rings. The molecule has 0 saturated carbocycles. The van der Waals surface area contributed by atoms with E-state index in [1.807, 2.05) is 0 Å². The Morgan fingerprint density at radius 2 is 2.50 bits per heavy atom. The summed E-state index contributed by atoms with van der Waals surface area (Å²) in [6.07, 6.45) is 0.497. The number of nitrogens with one attached hydrogen (secondary N) is 2. The van der Waals surface area contributed by atoms with Gasteiger partial charge in [0.1, 0.15) is 0 Å². The van der Waals surface area contributed by atoms with Crippen LogP contribution in [0.5, 0.6) is 0 Å². The molecule has 0 spiro atoms. The Kier molecular flexibility index (Phi) is 3.21. The molecular weight excluding hydrogens is 228 g/mol. The van der Waals surface area contributed by atoms with E-state index in [1.165, 1.54) is 11.3 Å². The van der Waals surface area contributed by atoms with Crippen LogP contribution in [-0.2, 0) is 11.3 Å². The predicted molar refractivity (Wildman–Crippen MR) is 59.5 cm³/mol. The molecule has 1 aromatic heterocycles. The van der Waals surface area contributed by atoms with Gasteiger partial charge < -0.3 is 15.7 Å². The lowest BCUT2D eigenvalue weighted by atomic mass is 10.2. The van der Waals surface area contributed by atoms with Gasteiger partial charge in [0.25, 0.3) is 0 Å². The normalized spacial score (nSPS) is 19.8. The fraction of sp³-hybridized carbons (Fsp3) is 0.400. The third kappa shape index (κ3) is 2.59. The number of carbonyl (C=O) groups excluding carboxylic acids is 1. The minimum Gasteiger partial charge on any atom is -0.478 e. The molecule has 1 unspecified atom stereocenters. The number of carbonyl (C=O) groups is 2. The van der Waals surface area contributed by atoms with Gasteiger partial charge >= 0.3 is 5.97 Å². The van der Waals surface area contributed by atoms with Crippen molar-refractivity contribution in [3.05, 3.63) is 21.9 Å². The maximum Gasteiger partial charge on any atom is 0.336 e. The molecule has 6 heteroatoms. The molecule has 1 aliphatic heterocycles. The molecule has 1 amide bonds. The maximum atomic E-state index is 10.9. The van der Waals surface area contributed by atoms with Gasteiger partial charge in [-0.05, 0) is 6.07 Å². The number of carboxylic acids is 1. The summed E-state index contributed by atoms with van der Waals surface area (Å²) >= 11 is 1.41. The Bertz CT molecular complexity index is 416. The van der Waals surface area contributed by atoms with Crippen molar-refractivity contribution in [2.75, 3.05) is 6.54 Å². The Balaban J connectivity index is 1.85. The van der Waals surface area contributed by atoms with E-state index in [-0.39, 0.29) is 11.9 Å². The molecule has 3 N–H and O–H groups in total. The van der Waals surface area contributed by atoms with E-state index < -0.39 is 5.97 Å². The lowest BCUT2D eigenvalue weighted by molar-refractivity contribution is -0.119. The number of thiophene rings is 1. The lowest BCUT2D eigenvalue weighted by Crippen LogP contribution is -2.30. The third-order valence-electron chi connectivity index (χ3n) is 2.44. The number of hydrogen-bond donors (Lipinski definition) is 3. The average Bonchev–Trinajstić information content (AvgIpc) is 2.83. The summed E-state index contributed by atoms with van der Waals surface area (Å²) in [5.74, 6) is -0.838. The number of amides is 1. The second kappa shape index (κ2) is 4.63. The molecule has 0 bridgehead atoms. The molecule has 86 valence electrons. The molecule has 5 nitrogen and oxygen atoms in total. The zero-order valence-electron chi connectivity index (χ0n) is 8.53. The van der Waals surface area contributed by atoms with E-state index in [4.69, 9.17) is 5.11 Å². The summed E-state index contributed by atoms with van der Waals surface area (Å²) in [4.78, 5) is 22.6. The quantitative estimate of drug-likeness (QED) is 0.713. The van der Waals surface area contributed by atoms with Crippen LogP contribution in [0.1, 0.15) is 21.7 Å². The molecule has 0 radical (unpaired) electrons. The molecule has 2 heterocycles. The first-order valence-electron chi connectivity index (χ1n) is 4.96. The number of rotatable bonds is 4. The first-order valence-corrected chi connectivity index (χ1v) is 5.84. The van der Waals surface area contributed by atoms with Crippen molar-refractivity contribution < 1.29 is 14.7 Å². The van der Waals surface area contributed by atoms with Crippen molar-refractivity contribution in [1.29, 1.82) is 0 Å². The molecule has 0 aliphatic carbocycles. The van der Waals surface area contributed by atoms with E-state index in [2.05, 4.69) is 10.6 Å². The lowest BCUT2D eigenvalue weighted by Gasteiger charge is -2.08. The standard InChI is InChI=1S/C10H12N2O3S/c13-9-2-7(3-12-9)11-4-8-1-6(5-16-8)10(14)15/h1,5,7,11H,2-4H2,(H,12,13)(H,14,15). The van der Waals surface area contributed by atoms with E-state index >= 15 is 0 Å². The third-order valence-corrected chi connectivity index (χ3v) is 3.38. The van der Waals surface area contributed by atoms with Gasteiger partial charge in [0, 0.05) is 35.8 Å². The summed E-state index contributed by atoms with van der Waals surface area (Å²) in [5.41, 5.74) is 0.322. The van der Waals surface area contributed by atoms with Crippen molar-refractivity contribution in [1.82, 2.24) is 10.6 Å². The monoisotopic (exact) mass is 240 g/mol. The number of carboxylic acid groups (broad SMARTS) is 1. The van der Waals surface area contributed by atoms with Crippen LogP contribution in [0.15, 0.2) is 11.4 Å². The largest absolute Gasteiger partial charge is 0.478 e. The molecule has 16 heavy (non-hydrogen) atoms. The second-order valence-electron chi connectivity index (χ2n) is 3.69. The summed E-state index contributed by atoms with van der Waals surface area (Å²) in [6.45, 7) is 1.26. The number of aromatic carboxylic acids is 1. The van der Waals surface area contributed by atoms with Gasteiger partial charge in [-0.3, -0.25) is 4.79 Å². The molecule has 1 aromatic rings. The van der Waals surface area contributed by atoms with Crippen molar-refractivity contribution in [2.45, 2.75) is 19.0 Å². The minimum absolute atomic E-state index is 0.0647. The molecule has 1 saturated heterocycles. The van der Waals surface area contributed by atoms with Gasteiger partial charge in [0.2, 0.25) is 5.91 Å². The molecular formula is C10H12N2O3S. The van der Waals surface area contributed by atoms with Crippen LogP contribution in [0.3, 0.4) is 0 Å². The van der Waals surface area contributed by atoms with E-state index in [0.29, 0.717) is 25.1 Å². The highest BCUT2D eigenvalue weighted by Crippen LogP contribution is 2.15. The fourth-order valence-electron chi connectivity index (χ4n) is 1.58. The Morgan fingerprint density at radius 3 is 3.06 bits per heavy atom. The van der Waals surface area contributed by atoms with Crippen LogP contribution in [0.25, 0.3) is 0 Å². The van der Waals surface area contributed by atoms with Crippen LogP contribution in [0.2, 0.25) is 0 Å². The summed E-state index contributed by atoms with van der Waals surface area (Å²) < 4.78 is 0. The Hall–Kier alpha value is -1.40. The van der Waals surface area contributed by atoms with Crippen molar-refractivity contribution in [3.63, 3.8) is 0 Å². The second-order valence-corrected chi connectivity index (χ2v) is 4.69. The average molecular weight is 240 g/mol. The van der Waals surface area contributed by atoms with Crippen LogP contribution < -0.4 is 10.6 Å². The maximum absolute atomic E-state index is 10.9. The molecule has 2 rings (SSSR count). The highest BCUT2D eigenvalue weighted by Gasteiger charge is 2.20. The predicted octanol–water partition coefficient (Wildman–Crippen LogP) is 0.424. The smallest absolute Gasteiger partial charge is 0.336 e. The Labute approximate surface area is 96.5 Å². The minimum atomic E-state index is -0.903. The zero-order valence-corrected chi connectivity index (χ0v) is 9.34. The van der Waals surface area contributed by atoms with Gasteiger partial charge in [-0.25, -0.2) is 4.79 Å². The first-order chi connectivity index (χ1) is 7.65. The SMILES string of the molecule is O=C1CC(NCc2cc(C(=O)O)cs2)CN1. The van der Waals surface area contributed by atoms with Crippen molar-refractivity contribution in [2.24, 2.45) is 0 Å². The number of hydrogen-bond acceptors (Lipinski definition) is 4. The van der Waals surface area contributed by atoms with E-state index in [9.17, 15) is 9.59 Å². The van der Waals surface area contributed by atoms with Crippen LogP contribution in [-0.4, -0.2) is 29.6 Å². The molecule has 0 aromatic carbocycles. The van der Waals surface area contributed by atoms with Crippen molar-refractivity contribution in [3.8, 4) is 0 Å². The fourth-order valence-corrected chi connectivity index (χ4v) is 2.39. The van der Waals surface area contributed by atoms with Gasteiger partial charge in [0.15, 0.2) is 0 Å². The van der Waals surface area contributed by atoms with Crippen LogP contribution >= 0.6 is 11.3 Å². The summed E-state index contributed by atoms with van der Waals surface area (Å²) in [5, 5.41) is 16.3. The van der Waals surface area contributed by atoms with Crippen LogP contribution in [0, 0.1) is 0 Å². The molecule has 1 aliphatic rings. The topological polar surface area (TPSA) is 78.4 Å². The van der Waals surface area contributed by atoms with Gasteiger partial charge in [0.05, 0.1) is 5.56 Å². The molecule has 1 atom stereocenters. The Morgan fingerprint density at radius 1 is 1.69 bits per heavy atom. The van der Waals surface area contributed by atoms with E-state index in [0.717, 1.165) is 4.88 Å². The highest BCUT2D eigenvalue weighted by atomic mass is 32.1. The summed E-state index contributed by atoms with van der Waals surface area (Å²) in [7, 11) is 0. The highest BCUT2D eigenvalue weighted by molar-refractivity contribution is 7.10. The first kappa shape index (κ1) is 11.1. The summed E-state index contributed by atoms with van der Waals surface area (Å²) in [6, 6.07) is 1.81. The van der Waals surface area contributed by atoms with Gasteiger partial charge in [-0.2, -0.15) is 0 Å². The van der Waals surface area contributed by atoms with Crippen molar-refractivity contribution >= 4 is 23.2 Å². The zero-order chi connectivity index (χ0) is 11.5. The van der Waals surface area contributed by atoms with Gasteiger partial charge in [-0.1, -0.05) is 0 Å².